The maximum atomic E-state index is 5.96. The molecule has 0 rings (SSSR count). The van der Waals surface area contributed by atoms with Crippen molar-refractivity contribution in [1.29, 1.82) is 0 Å². The van der Waals surface area contributed by atoms with Crippen molar-refractivity contribution < 1.29 is 4.12 Å². The summed E-state index contributed by atoms with van der Waals surface area (Å²) in [5, 5.41) is 3.29. The topological polar surface area (TPSA) is 47.3 Å². The Balaban J connectivity index is 3.40. The van der Waals surface area contributed by atoms with Gasteiger partial charge in [0.25, 0.3) is 0 Å². The first kappa shape index (κ1) is 12.3. The van der Waals surface area contributed by atoms with Crippen LogP contribution >= 0.6 is 0 Å². The molecule has 74 valence electrons. The molecule has 0 aromatic heterocycles. The van der Waals surface area contributed by atoms with Gasteiger partial charge in [0.15, 0.2) is 17.4 Å². The molecule has 0 aromatic carbocycles. The maximum Gasteiger partial charge on any atom is 0.173 e. The molecule has 0 saturated carbocycles. The van der Waals surface area contributed by atoms with Crippen LogP contribution in [-0.2, 0) is 4.12 Å². The van der Waals surface area contributed by atoms with E-state index >= 15 is 0 Å². The van der Waals surface area contributed by atoms with E-state index in [0.29, 0.717) is 6.54 Å². The molecule has 0 heterocycles. The van der Waals surface area contributed by atoms with Crippen LogP contribution in [0.25, 0.3) is 0 Å². The molecular formula is C7H22N2OSi2. The first-order valence-corrected chi connectivity index (χ1v) is 10.4. The second kappa shape index (κ2) is 5.87. The summed E-state index contributed by atoms with van der Waals surface area (Å²) in [6.45, 7) is 10.6. The molecule has 12 heavy (non-hydrogen) atoms. The minimum atomic E-state index is -1.29. The van der Waals surface area contributed by atoms with Crippen molar-refractivity contribution in [2.24, 2.45) is 5.73 Å². The van der Waals surface area contributed by atoms with E-state index in [1.165, 1.54) is 0 Å². The fourth-order valence-electron chi connectivity index (χ4n) is 1.05. The van der Waals surface area contributed by atoms with Crippen molar-refractivity contribution in [3.05, 3.63) is 0 Å². The number of nitrogens with one attached hydrogen (secondary N) is 1. The van der Waals surface area contributed by atoms with Crippen molar-refractivity contribution in [3.8, 4) is 0 Å². The maximum absolute atomic E-state index is 5.96. The highest BCUT2D eigenvalue weighted by Crippen LogP contribution is 2.03. The quantitative estimate of drug-likeness (QED) is 0.485. The third-order valence-corrected chi connectivity index (χ3v) is 6.61. The van der Waals surface area contributed by atoms with Gasteiger partial charge in [0.1, 0.15) is 0 Å². The molecule has 0 saturated heterocycles. The molecule has 0 spiro atoms. The second-order valence-electron chi connectivity index (χ2n) is 4.03. The molecule has 0 fully saturated rings. The number of hydrogen-bond donors (Lipinski definition) is 2. The van der Waals surface area contributed by atoms with Gasteiger partial charge in [-0.2, -0.15) is 0 Å². The minimum absolute atomic E-state index is 0.716. The predicted octanol–water partition coefficient (Wildman–Crippen LogP) is 0.279. The normalized spacial score (nSPS) is 14.8. The molecule has 3 N–H and O–H groups in total. The van der Waals surface area contributed by atoms with Gasteiger partial charge in [0, 0.05) is 19.3 Å². The molecule has 0 radical (unpaired) electrons. The van der Waals surface area contributed by atoms with E-state index in [4.69, 9.17) is 9.85 Å². The van der Waals surface area contributed by atoms with Gasteiger partial charge in [-0.05, 0) is 26.2 Å². The Hall–Kier alpha value is 0.314. The zero-order valence-electron chi connectivity index (χ0n) is 8.68. The van der Waals surface area contributed by atoms with E-state index in [0.717, 1.165) is 12.7 Å². The Morgan fingerprint density at radius 2 is 2.00 bits per heavy atom. The van der Waals surface area contributed by atoms with Crippen molar-refractivity contribution in [2.75, 3.05) is 19.3 Å². The lowest BCUT2D eigenvalue weighted by atomic mass is 10.7. The van der Waals surface area contributed by atoms with E-state index < -0.39 is 17.4 Å². The Morgan fingerprint density at radius 3 is 2.42 bits per heavy atom. The number of rotatable bonds is 6. The van der Waals surface area contributed by atoms with Gasteiger partial charge in [0.05, 0.1) is 0 Å². The average molecular weight is 206 g/mol. The minimum Gasteiger partial charge on any atom is -0.457 e. The van der Waals surface area contributed by atoms with Gasteiger partial charge in [-0.1, -0.05) is 0 Å². The fourth-order valence-corrected chi connectivity index (χ4v) is 6.83. The van der Waals surface area contributed by atoms with Crippen molar-refractivity contribution in [3.63, 3.8) is 0 Å². The van der Waals surface area contributed by atoms with Gasteiger partial charge >= 0.3 is 0 Å². The molecule has 5 heteroatoms. The highest BCUT2D eigenvalue weighted by atomic mass is 28.4. The smallest absolute Gasteiger partial charge is 0.173 e. The summed E-state index contributed by atoms with van der Waals surface area (Å²) in [7, 11) is -2.25. The molecular weight excluding hydrogens is 184 g/mol. The van der Waals surface area contributed by atoms with Crippen molar-refractivity contribution >= 4 is 17.4 Å². The van der Waals surface area contributed by atoms with Gasteiger partial charge in [-0.3, -0.25) is 0 Å². The zero-order valence-corrected chi connectivity index (χ0v) is 10.8. The van der Waals surface area contributed by atoms with Gasteiger partial charge < -0.3 is 15.2 Å². The number of nitrogens with two attached hydrogens (primary N) is 1. The van der Waals surface area contributed by atoms with Gasteiger partial charge in [-0.15, -0.1) is 0 Å². The van der Waals surface area contributed by atoms with E-state index in [2.05, 4.69) is 31.5 Å². The largest absolute Gasteiger partial charge is 0.457 e. The summed E-state index contributed by atoms with van der Waals surface area (Å²) in [5.41, 5.74) is 5.36. The summed E-state index contributed by atoms with van der Waals surface area (Å²) in [6, 6.07) is 0. The molecule has 0 amide bonds. The predicted molar refractivity (Wildman–Crippen MR) is 59.4 cm³/mol. The lowest BCUT2D eigenvalue weighted by Crippen LogP contribution is -2.40. The molecule has 0 aliphatic carbocycles. The van der Waals surface area contributed by atoms with Crippen LogP contribution in [0.15, 0.2) is 0 Å². The van der Waals surface area contributed by atoms with E-state index in [9.17, 15) is 0 Å². The summed E-state index contributed by atoms with van der Waals surface area (Å²) >= 11 is 0. The molecule has 0 bridgehead atoms. The highest BCUT2D eigenvalue weighted by Gasteiger charge is 2.17. The van der Waals surface area contributed by atoms with Crippen LogP contribution < -0.4 is 11.1 Å². The Labute approximate surface area is 78.5 Å². The number of hydrogen-bond acceptors (Lipinski definition) is 3. The molecule has 1 unspecified atom stereocenters. The van der Waals surface area contributed by atoms with Crippen LogP contribution in [0.1, 0.15) is 0 Å². The van der Waals surface area contributed by atoms with Crippen LogP contribution in [0.4, 0.5) is 0 Å². The SMILES string of the molecule is C[SiH](CNCCN)O[Si](C)(C)C. The van der Waals surface area contributed by atoms with E-state index in [1.807, 2.05) is 0 Å². The van der Waals surface area contributed by atoms with Crippen molar-refractivity contribution in [1.82, 2.24) is 5.32 Å². The summed E-state index contributed by atoms with van der Waals surface area (Å²) in [5.74, 6) is 0. The monoisotopic (exact) mass is 206 g/mol. The van der Waals surface area contributed by atoms with Crippen LogP contribution in [0.3, 0.4) is 0 Å². The molecule has 1 atom stereocenters. The lowest BCUT2D eigenvalue weighted by molar-refractivity contribution is 0.563. The fraction of sp³-hybridized carbons (Fsp3) is 1.00. The first-order valence-electron chi connectivity index (χ1n) is 4.54. The van der Waals surface area contributed by atoms with Crippen LogP contribution in [0, 0.1) is 0 Å². The highest BCUT2D eigenvalue weighted by molar-refractivity contribution is 6.77. The van der Waals surface area contributed by atoms with E-state index in [-0.39, 0.29) is 0 Å². The Morgan fingerprint density at radius 1 is 1.42 bits per heavy atom. The van der Waals surface area contributed by atoms with E-state index in [1.54, 1.807) is 0 Å². The molecule has 0 aliphatic rings. The summed E-state index contributed by atoms with van der Waals surface area (Å²) in [6.07, 6.45) is 1.04. The Kier molecular flexibility index (Phi) is 6.03. The Bertz CT molecular complexity index is 116. The van der Waals surface area contributed by atoms with Crippen LogP contribution in [0.2, 0.25) is 26.2 Å². The van der Waals surface area contributed by atoms with Gasteiger partial charge in [0.2, 0.25) is 0 Å². The second-order valence-corrected chi connectivity index (χ2v) is 11.2. The molecule has 0 aromatic rings. The van der Waals surface area contributed by atoms with Crippen molar-refractivity contribution in [2.45, 2.75) is 26.2 Å². The lowest BCUT2D eigenvalue weighted by Gasteiger charge is -2.23. The summed E-state index contributed by atoms with van der Waals surface area (Å²) < 4.78 is 5.96. The van der Waals surface area contributed by atoms with Gasteiger partial charge in [-0.25, -0.2) is 0 Å². The standard InChI is InChI=1S/C7H22N2OSi2/c1-11(7-9-6-5-8)10-12(2,3)4/h9,11H,5-8H2,1-4H3. The molecule has 3 nitrogen and oxygen atoms in total. The van der Waals surface area contributed by atoms with Crippen LogP contribution in [-0.4, -0.2) is 36.6 Å². The summed E-state index contributed by atoms with van der Waals surface area (Å²) in [4.78, 5) is 0. The third-order valence-electron chi connectivity index (χ3n) is 1.31. The van der Waals surface area contributed by atoms with Crippen LogP contribution in [0.5, 0.6) is 0 Å². The average Bonchev–Trinajstić information content (AvgIpc) is 1.84. The molecule has 0 aliphatic heterocycles. The first-order chi connectivity index (χ1) is 5.45. The zero-order chi connectivity index (χ0) is 9.61. The third kappa shape index (κ3) is 8.41.